The minimum Gasteiger partial charge on any atom is -0.342 e. The summed E-state index contributed by atoms with van der Waals surface area (Å²) >= 11 is 0. The summed E-state index contributed by atoms with van der Waals surface area (Å²) in [4.78, 5) is 12.9. The first-order valence-corrected chi connectivity index (χ1v) is 11.6. The van der Waals surface area contributed by atoms with Crippen molar-refractivity contribution in [2.75, 3.05) is 0 Å². The van der Waals surface area contributed by atoms with Gasteiger partial charge in [-0.3, -0.25) is 4.79 Å². The highest BCUT2D eigenvalue weighted by Gasteiger charge is 2.37. The van der Waals surface area contributed by atoms with Crippen LogP contribution in [0.1, 0.15) is 33.6 Å². The third-order valence-corrected chi connectivity index (χ3v) is 5.48. The minimum absolute atomic E-state index is 0.0617. The Morgan fingerprint density at radius 1 is 0.912 bits per heavy atom. The lowest BCUT2D eigenvalue weighted by Crippen LogP contribution is -2.68. The zero-order valence-electron chi connectivity index (χ0n) is 17.9. The molecule has 0 fully saturated rings. The van der Waals surface area contributed by atoms with Crippen molar-refractivity contribution in [3.05, 3.63) is 114 Å². The molecule has 1 unspecified atom stereocenters. The number of halogens is 1. The zero-order valence-corrected chi connectivity index (χ0v) is 18.6. The maximum absolute atomic E-state index is 12.9. The molecule has 0 spiro atoms. The summed E-state index contributed by atoms with van der Waals surface area (Å²) in [7, 11) is -4.94. The minimum atomic E-state index is -4.94. The van der Waals surface area contributed by atoms with Crippen LogP contribution < -0.4 is 28.5 Å². The van der Waals surface area contributed by atoms with Crippen LogP contribution in [0.25, 0.3) is 5.69 Å². The molecule has 0 bridgehead atoms. The molecule has 2 atom stereocenters. The molecule has 174 valence electrons. The number of carbonyl (C=O) groups is 1. The Kier molecular flexibility index (Phi) is 7.01. The van der Waals surface area contributed by atoms with Crippen LogP contribution in [-0.2, 0) is 6.42 Å². The monoisotopic (exact) mass is 480 g/mol. The average molecular weight is 481 g/mol. The van der Waals surface area contributed by atoms with Gasteiger partial charge < -0.3 is 5.32 Å². The molecule has 1 amide bonds. The van der Waals surface area contributed by atoms with Crippen LogP contribution in [0.5, 0.6) is 0 Å². The van der Waals surface area contributed by atoms with Crippen molar-refractivity contribution in [2.24, 2.45) is 0 Å². The van der Waals surface area contributed by atoms with Crippen molar-refractivity contribution in [2.45, 2.75) is 18.5 Å². The van der Waals surface area contributed by atoms with Crippen molar-refractivity contribution in [1.82, 2.24) is 15.1 Å². The van der Waals surface area contributed by atoms with E-state index in [1.807, 2.05) is 84.1 Å². The molecule has 9 nitrogen and oxygen atoms in total. The van der Waals surface area contributed by atoms with Gasteiger partial charge in [0.25, 0.3) is 12.2 Å². The highest BCUT2D eigenvalue weighted by Crippen LogP contribution is 2.36. The molecule has 34 heavy (non-hydrogen) atoms. The van der Waals surface area contributed by atoms with Gasteiger partial charge in [0.15, 0.2) is 0 Å². The van der Waals surface area contributed by atoms with Crippen LogP contribution in [-0.4, -0.2) is 15.7 Å². The van der Waals surface area contributed by atoms with Crippen molar-refractivity contribution < 1.29 is 38.2 Å². The number of fused-ring (bicyclic) bond motifs is 1. The Balaban J connectivity index is 0.000000499. The van der Waals surface area contributed by atoms with Crippen LogP contribution >= 0.6 is 0 Å². The molecule has 0 saturated heterocycles. The second-order valence-electron chi connectivity index (χ2n) is 7.64. The summed E-state index contributed by atoms with van der Waals surface area (Å²) in [5.41, 5.74) is 4.10. The quantitative estimate of drug-likeness (QED) is 0.358. The van der Waals surface area contributed by atoms with Gasteiger partial charge in [-0.2, -0.15) is 0 Å². The molecule has 0 aliphatic heterocycles. The topological polar surface area (TPSA) is 143 Å². The number of hydrogen-bond acceptors (Lipinski definition) is 6. The fourth-order valence-electron chi connectivity index (χ4n) is 4.03. The number of para-hydroxylation sites is 1. The van der Waals surface area contributed by atoms with Gasteiger partial charge in [0.05, 0.1) is 6.04 Å². The molecule has 1 heterocycles. The van der Waals surface area contributed by atoms with Gasteiger partial charge in [0.1, 0.15) is 11.7 Å². The van der Waals surface area contributed by atoms with Gasteiger partial charge >= 0.3 is 0 Å². The van der Waals surface area contributed by atoms with Gasteiger partial charge in [-0.05, 0) is 35.4 Å². The highest BCUT2D eigenvalue weighted by atomic mass is 35.7. The van der Waals surface area contributed by atoms with Crippen LogP contribution in [0.4, 0.5) is 0 Å². The lowest BCUT2D eigenvalue weighted by molar-refractivity contribution is -2.00. The number of rotatable bonds is 4. The third-order valence-electron chi connectivity index (χ3n) is 5.48. The number of carbonyl (C=O) groups excluding carboxylic acids is 1. The first-order valence-electron chi connectivity index (χ1n) is 10.4. The number of hydrogen-bond donors (Lipinski definition) is 1. The summed E-state index contributed by atoms with van der Waals surface area (Å²) in [6.45, 7) is 0. The summed E-state index contributed by atoms with van der Waals surface area (Å²) in [6, 6.07) is 27.7. The highest BCUT2D eigenvalue weighted by molar-refractivity contribution is 5.94. The van der Waals surface area contributed by atoms with E-state index in [9.17, 15) is 4.79 Å². The average Bonchev–Trinajstić information content (AvgIpc) is 3.45. The molecule has 0 radical (unpaired) electrons. The Morgan fingerprint density at radius 2 is 1.50 bits per heavy atom. The fourth-order valence-corrected chi connectivity index (χ4v) is 4.03. The number of aromatic nitrogens is 3. The molecule has 1 aliphatic carbocycles. The third kappa shape index (κ3) is 5.84. The van der Waals surface area contributed by atoms with E-state index in [1.54, 1.807) is 0 Å². The largest absolute Gasteiger partial charge is 0.342 e. The Bertz CT molecular complexity index is 1240. The molecule has 5 rings (SSSR count). The molecular weight excluding hydrogens is 460 g/mol. The predicted octanol–water partition coefficient (Wildman–Crippen LogP) is -1.33. The second-order valence-corrected chi connectivity index (χ2v) is 8.40. The molecule has 0 saturated carbocycles. The van der Waals surface area contributed by atoms with Crippen molar-refractivity contribution in [1.29, 1.82) is 0 Å². The summed E-state index contributed by atoms with van der Waals surface area (Å²) < 4.78 is 37.9. The number of benzene rings is 3. The normalized spacial score (nSPS) is 16.8. The zero-order chi connectivity index (χ0) is 24.1. The van der Waals surface area contributed by atoms with Crippen molar-refractivity contribution in [3.63, 3.8) is 0 Å². The van der Waals surface area contributed by atoms with E-state index >= 15 is 0 Å². The second kappa shape index (κ2) is 10.1. The molecule has 1 N–H and O–H groups in total. The smallest absolute Gasteiger partial charge is 0.265 e. The maximum atomic E-state index is 12.9. The van der Waals surface area contributed by atoms with Crippen molar-refractivity contribution >= 4 is 5.91 Å². The van der Waals surface area contributed by atoms with E-state index in [1.165, 1.54) is 11.1 Å². The first-order chi connectivity index (χ1) is 16.3. The predicted molar refractivity (Wildman–Crippen MR) is 110 cm³/mol. The van der Waals surface area contributed by atoms with Crippen LogP contribution in [0.3, 0.4) is 0 Å². The van der Waals surface area contributed by atoms with E-state index < -0.39 is 10.2 Å². The van der Waals surface area contributed by atoms with Gasteiger partial charge in [-0.1, -0.05) is 65.3 Å². The standard InChI is InChI=1S/C24H20N4O.ClHO4/c29-24(18-9-3-1-4-10-18)26-23-21-14-8-7-11-19(21)15-22(23)27-16-25-28(17-27)20-12-5-2-6-13-20;2-1(3,4)5/h1-14,16-17,22-23H,15H2;(H,2,3,4,5)/t22?,23-;/m1./s1. The van der Waals surface area contributed by atoms with E-state index in [-0.39, 0.29) is 18.0 Å². The van der Waals surface area contributed by atoms with E-state index in [0.717, 1.165) is 12.1 Å². The first kappa shape index (κ1) is 23.6. The fraction of sp³-hybridized carbons (Fsp3) is 0.125. The Hall–Kier alpha value is -3.60. The van der Waals surface area contributed by atoms with Crippen LogP contribution in [0, 0.1) is 10.2 Å². The summed E-state index contributed by atoms with van der Waals surface area (Å²) in [5.74, 6) is -0.0617. The molecule has 3 aromatic carbocycles. The molecule has 4 aromatic rings. The van der Waals surface area contributed by atoms with Gasteiger partial charge in [-0.25, -0.2) is 23.2 Å². The van der Waals surface area contributed by atoms with Crippen LogP contribution in [0.2, 0.25) is 0 Å². The summed E-state index contributed by atoms with van der Waals surface area (Å²) in [5, 5.41) is 7.78. The van der Waals surface area contributed by atoms with E-state index in [2.05, 4.69) is 33.2 Å². The van der Waals surface area contributed by atoms with E-state index in [0.29, 0.717) is 5.56 Å². The van der Waals surface area contributed by atoms with Gasteiger partial charge in [-0.15, -0.1) is 10.2 Å². The van der Waals surface area contributed by atoms with Crippen molar-refractivity contribution in [3.8, 4) is 5.69 Å². The number of nitrogens with zero attached hydrogens (tertiary/aromatic N) is 3. The Labute approximate surface area is 197 Å². The summed E-state index contributed by atoms with van der Waals surface area (Å²) in [6.07, 6.45) is 4.68. The SMILES string of the molecule is O=C(N[C@@H]1c2ccccc2CC1[n+]1cnn(-c2ccccc2)c1)c1ccccc1.[O-][Cl+3]([O-])([O-])[O-]. The van der Waals surface area contributed by atoms with Gasteiger partial charge in [0, 0.05) is 17.1 Å². The molecule has 1 aliphatic rings. The van der Waals surface area contributed by atoms with Gasteiger partial charge in [0.2, 0.25) is 6.33 Å². The van der Waals surface area contributed by atoms with Crippen LogP contribution in [0.15, 0.2) is 97.6 Å². The lowest BCUT2D eigenvalue weighted by Gasteiger charge is -2.20. The number of amides is 1. The lowest BCUT2D eigenvalue weighted by atomic mass is 10.1. The molecule has 10 heteroatoms. The Morgan fingerprint density at radius 3 is 2.18 bits per heavy atom. The van der Waals surface area contributed by atoms with E-state index in [4.69, 9.17) is 18.6 Å². The number of nitrogens with one attached hydrogen (secondary N) is 1. The maximum Gasteiger partial charge on any atom is 0.265 e. The molecule has 1 aromatic heterocycles. The molecular formula is C24H21ClN4O5.